The van der Waals surface area contributed by atoms with Gasteiger partial charge in [-0.3, -0.25) is 4.31 Å². The van der Waals surface area contributed by atoms with Gasteiger partial charge < -0.3 is 4.98 Å². The normalized spacial score (nSPS) is 13.9. The van der Waals surface area contributed by atoms with Crippen LogP contribution in [-0.4, -0.2) is 39.1 Å². The molecule has 4 aromatic carbocycles. The Morgan fingerprint density at radius 2 is 1.49 bits per heavy atom. The van der Waals surface area contributed by atoms with E-state index in [1.165, 1.54) is 10.6 Å². The van der Waals surface area contributed by atoms with Crippen LogP contribution in [0.15, 0.2) is 114 Å². The Kier molecular flexibility index (Phi) is 6.59. The second kappa shape index (κ2) is 10.4. The Morgan fingerprint density at radius 1 is 0.814 bits per heavy atom. The average Bonchev–Trinajstić information content (AvgIpc) is 3.76. The summed E-state index contributed by atoms with van der Waals surface area (Å²) in [4.78, 5) is 8.50. The maximum Gasteiger partial charge on any atom is 0.232 e. The number of anilines is 1. The van der Waals surface area contributed by atoms with Crippen LogP contribution < -0.4 is 4.31 Å². The molecule has 0 aliphatic heterocycles. The van der Waals surface area contributed by atoms with Gasteiger partial charge in [0.1, 0.15) is 5.65 Å². The van der Waals surface area contributed by atoms with Crippen molar-refractivity contribution in [2.45, 2.75) is 29.5 Å². The van der Waals surface area contributed by atoms with Crippen LogP contribution in [0.4, 0.5) is 5.69 Å². The van der Waals surface area contributed by atoms with E-state index in [0.29, 0.717) is 21.8 Å². The molecule has 0 unspecified atom stereocenters. The average molecular weight is 608 g/mol. The largest absolute Gasteiger partial charge is 0.339 e. The molecule has 1 aliphatic carbocycles. The van der Waals surface area contributed by atoms with Gasteiger partial charge in [-0.15, -0.1) is 0 Å². The highest BCUT2D eigenvalue weighted by Gasteiger charge is 2.35. The summed E-state index contributed by atoms with van der Waals surface area (Å²) in [7, 11) is -6.92. The van der Waals surface area contributed by atoms with Crippen molar-refractivity contribution in [1.29, 1.82) is 0 Å². The third-order valence-electron chi connectivity index (χ3n) is 7.88. The number of sulfone groups is 1. The Balaban J connectivity index is 1.38. The monoisotopic (exact) mass is 607 g/mol. The van der Waals surface area contributed by atoms with Crippen LogP contribution >= 0.6 is 0 Å². The smallest absolute Gasteiger partial charge is 0.232 e. The van der Waals surface area contributed by atoms with Crippen molar-refractivity contribution >= 4 is 47.5 Å². The van der Waals surface area contributed by atoms with E-state index in [0.717, 1.165) is 51.4 Å². The fourth-order valence-electron chi connectivity index (χ4n) is 5.82. The van der Waals surface area contributed by atoms with Crippen LogP contribution in [0.5, 0.6) is 0 Å². The highest BCUT2D eigenvalue weighted by Crippen LogP contribution is 2.42. The summed E-state index contributed by atoms with van der Waals surface area (Å²) in [5.41, 5.74) is 6.66. The second-order valence-corrected chi connectivity index (χ2v) is 14.9. The summed E-state index contributed by atoms with van der Waals surface area (Å²) in [5, 5.41) is 1.79. The van der Waals surface area contributed by atoms with Gasteiger partial charge in [0.15, 0.2) is 9.84 Å². The fraction of sp³-hybridized carbons (Fsp3) is 0.147. The van der Waals surface area contributed by atoms with Gasteiger partial charge in [-0.2, -0.15) is 0 Å². The molecule has 0 amide bonds. The Hall–Kier alpha value is -4.47. The summed E-state index contributed by atoms with van der Waals surface area (Å²) in [6.45, 7) is 0. The Morgan fingerprint density at radius 3 is 2.14 bits per heavy atom. The van der Waals surface area contributed by atoms with Gasteiger partial charge in [-0.25, -0.2) is 21.8 Å². The molecule has 0 saturated heterocycles. The van der Waals surface area contributed by atoms with E-state index in [-0.39, 0.29) is 11.8 Å². The molecule has 43 heavy (non-hydrogen) atoms. The third kappa shape index (κ3) is 5.19. The number of hydrogen-bond donors (Lipinski definition) is 1. The summed E-state index contributed by atoms with van der Waals surface area (Å²) in [6, 6.07) is 31.8. The van der Waals surface area contributed by atoms with Crippen molar-refractivity contribution in [2.75, 3.05) is 10.6 Å². The summed E-state index contributed by atoms with van der Waals surface area (Å²) in [5.74, 6) is -0.118. The van der Waals surface area contributed by atoms with Crippen molar-refractivity contribution in [3.05, 3.63) is 115 Å². The number of aromatic nitrogens is 2. The molecular weight excluding hydrogens is 579 g/mol. The summed E-state index contributed by atoms with van der Waals surface area (Å²) >= 11 is 0. The molecule has 7 nitrogen and oxygen atoms in total. The first-order chi connectivity index (χ1) is 20.7. The molecule has 1 N–H and O–H groups in total. The van der Waals surface area contributed by atoms with Crippen molar-refractivity contribution in [3.63, 3.8) is 0 Å². The third-order valence-corrected chi connectivity index (χ3v) is 10.8. The van der Waals surface area contributed by atoms with E-state index in [1.807, 2.05) is 79.0 Å². The van der Waals surface area contributed by atoms with Gasteiger partial charge in [0.2, 0.25) is 10.0 Å². The van der Waals surface area contributed by atoms with Crippen molar-refractivity contribution < 1.29 is 16.8 Å². The van der Waals surface area contributed by atoms with E-state index in [9.17, 15) is 16.8 Å². The first kappa shape index (κ1) is 27.4. The molecule has 6 aromatic rings. The minimum atomic E-state index is -3.53. The SMILES string of the molecule is CS(=O)(=O)N(c1ccc(-c2cnc3[nH]c4ccc(CS(=O)(=O)c5ccccc5)cc4c3c2-c2ccccc2)cc1)C1CC1. The number of H-pyrrole nitrogens is 1. The zero-order valence-corrected chi connectivity index (χ0v) is 25.1. The van der Waals surface area contributed by atoms with Crippen LogP contribution in [0.1, 0.15) is 18.4 Å². The molecule has 0 spiro atoms. The zero-order chi connectivity index (χ0) is 29.8. The highest BCUT2D eigenvalue weighted by atomic mass is 32.2. The Bertz CT molecular complexity index is 2190. The lowest BCUT2D eigenvalue weighted by molar-refractivity contribution is 0.594. The summed E-state index contributed by atoms with van der Waals surface area (Å²) < 4.78 is 52.9. The topological polar surface area (TPSA) is 100 Å². The molecule has 1 aliphatic rings. The molecule has 216 valence electrons. The molecule has 0 atom stereocenters. The predicted molar refractivity (Wildman–Crippen MR) is 172 cm³/mol. The van der Waals surface area contributed by atoms with Crippen molar-refractivity contribution in [3.8, 4) is 22.3 Å². The van der Waals surface area contributed by atoms with Crippen LogP contribution in [0.2, 0.25) is 0 Å². The van der Waals surface area contributed by atoms with E-state index in [1.54, 1.807) is 30.3 Å². The predicted octanol–water partition coefficient (Wildman–Crippen LogP) is 6.95. The number of sulfonamides is 1. The van der Waals surface area contributed by atoms with Crippen LogP contribution in [0, 0.1) is 0 Å². The molecule has 2 aromatic heterocycles. The molecule has 1 fully saturated rings. The fourth-order valence-corrected chi connectivity index (χ4v) is 8.43. The zero-order valence-electron chi connectivity index (χ0n) is 23.4. The minimum Gasteiger partial charge on any atom is -0.339 e. The molecule has 9 heteroatoms. The molecule has 2 heterocycles. The van der Waals surface area contributed by atoms with E-state index in [2.05, 4.69) is 4.98 Å². The lowest BCUT2D eigenvalue weighted by Crippen LogP contribution is -2.31. The van der Waals surface area contributed by atoms with E-state index < -0.39 is 19.9 Å². The van der Waals surface area contributed by atoms with E-state index >= 15 is 0 Å². The quantitative estimate of drug-likeness (QED) is 0.202. The van der Waals surface area contributed by atoms with Gasteiger partial charge in [0.05, 0.1) is 22.6 Å². The number of pyridine rings is 1. The number of benzene rings is 4. The molecule has 0 radical (unpaired) electrons. The van der Waals surface area contributed by atoms with Gasteiger partial charge in [0, 0.05) is 39.7 Å². The van der Waals surface area contributed by atoms with Crippen molar-refractivity contribution in [1.82, 2.24) is 9.97 Å². The van der Waals surface area contributed by atoms with Gasteiger partial charge >= 0.3 is 0 Å². The minimum absolute atomic E-state index is 0.0184. The van der Waals surface area contributed by atoms with Gasteiger partial charge in [0.25, 0.3) is 0 Å². The number of aromatic amines is 1. The first-order valence-corrected chi connectivity index (χ1v) is 17.6. The maximum atomic E-state index is 13.2. The second-order valence-electron chi connectivity index (χ2n) is 11.1. The lowest BCUT2D eigenvalue weighted by atomic mass is 9.92. The highest BCUT2D eigenvalue weighted by molar-refractivity contribution is 7.92. The number of nitrogens with one attached hydrogen (secondary N) is 1. The van der Waals surface area contributed by atoms with Gasteiger partial charge in [-0.1, -0.05) is 66.7 Å². The molecular formula is C34H29N3O4S2. The van der Waals surface area contributed by atoms with Crippen molar-refractivity contribution in [2.24, 2.45) is 0 Å². The first-order valence-electron chi connectivity index (χ1n) is 14.1. The van der Waals surface area contributed by atoms with Crippen LogP contribution in [-0.2, 0) is 25.6 Å². The van der Waals surface area contributed by atoms with Gasteiger partial charge in [-0.05, 0) is 65.9 Å². The number of hydrogen-bond acceptors (Lipinski definition) is 5. The number of nitrogens with zero attached hydrogens (tertiary/aromatic N) is 2. The molecule has 1 saturated carbocycles. The Labute approximate surface area is 250 Å². The lowest BCUT2D eigenvalue weighted by Gasteiger charge is -2.22. The standard InChI is InChI=1S/C34H29N3O4S2/c1-42(38,39)37(27-17-18-27)26-15-13-24(14-16-26)30-21-35-34-33(32(30)25-8-4-2-5-9-25)29-20-23(12-19-31(29)36-34)22-43(40,41)28-10-6-3-7-11-28/h2-16,19-21,27H,17-18,22H2,1H3,(H,35,36). The molecule has 0 bridgehead atoms. The van der Waals surface area contributed by atoms with Crippen LogP contribution in [0.25, 0.3) is 44.2 Å². The molecule has 7 rings (SSSR count). The maximum absolute atomic E-state index is 13.2. The summed E-state index contributed by atoms with van der Waals surface area (Å²) in [6.07, 6.45) is 4.82. The number of fused-ring (bicyclic) bond motifs is 3. The van der Waals surface area contributed by atoms with E-state index in [4.69, 9.17) is 4.98 Å². The van der Waals surface area contributed by atoms with Crippen LogP contribution in [0.3, 0.4) is 0 Å². The number of rotatable bonds is 8.